The van der Waals surface area contributed by atoms with Crippen molar-refractivity contribution in [2.75, 3.05) is 54.5 Å². The molecule has 0 radical (unpaired) electrons. The van der Waals surface area contributed by atoms with Gasteiger partial charge in [-0.1, -0.05) is 0 Å². The molecule has 11 heteroatoms. The average molecular weight is 512 g/mol. The SMILES string of the molecule is CN1CCN(c2ccc3cc2C(=O)CS[C@@H]2C[C@@H]4C[C@H]2[C@@H](Nc2nc(ncc2F)N3)[C@H]4C(N)=O)CC1. The van der Waals surface area contributed by atoms with Crippen molar-refractivity contribution >= 4 is 46.6 Å². The van der Waals surface area contributed by atoms with Crippen LogP contribution in [0.15, 0.2) is 24.4 Å². The molecule has 1 saturated heterocycles. The lowest BCUT2D eigenvalue weighted by Gasteiger charge is -2.36. The molecule has 9 nitrogen and oxygen atoms in total. The molecule has 2 aromatic rings. The predicted molar refractivity (Wildman–Crippen MR) is 138 cm³/mol. The molecule has 3 fully saturated rings. The first-order chi connectivity index (χ1) is 17.4. The van der Waals surface area contributed by atoms with Crippen LogP contribution in [0, 0.1) is 23.6 Å². The largest absolute Gasteiger partial charge is 0.369 e. The number of thioether (sulfide) groups is 1. The number of piperazine rings is 1. The van der Waals surface area contributed by atoms with Crippen molar-refractivity contribution in [1.29, 1.82) is 0 Å². The molecule has 4 aliphatic rings. The van der Waals surface area contributed by atoms with Crippen molar-refractivity contribution in [2.45, 2.75) is 24.1 Å². The van der Waals surface area contributed by atoms with Crippen LogP contribution in [0.1, 0.15) is 23.2 Å². The highest BCUT2D eigenvalue weighted by Crippen LogP contribution is 2.53. The maximum Gasteiger partial charge on any atom is 0.229 e. The van der Waals surface area contributed by atoms with Crippen LogP contribution in [0.3, 0.4) is 0 Å². The van der Waals surface area contributed by atoms with Crippen LogP contribution in [0.5, 0.6) is 0 Å². The Morgan fingerprint density at radius 1 is 1.22 bits per heavy atom. The molecule has 1 amide bonds. The van der Waals surface area contributed by atoms with Crippen LogP contribution in [-0.4, -0.2) is 76.8 Å². The number of primary amides is 1. The number of hydrogen-bond acceptors (Lipinski definition) is 9. The Morgan fingerprint density at radius 3 is 2.81 bits per heavy atom. The number of anilines is 4. The van der Waals surface area contributed by atoms with Crippen LogP contribution >= 0.6 is 11.8 Å². The number of nitrogens with zero attached hydrogens (tertiary/aromatic N) is 4. The molecule has 1 aromatic carbocycles. The Morgan fingerprint density at radius 2 is 2.03 bits per heavy atom. The summed E-state index contributed by atoms with van der Waals surface area (Å²) >= 11 is 1.64. The predicted octanol–water partition coefficient (Wildman–Crippen LogP) is 2.33. The minimum atomic E-state index is -0.580. The first kappa shape index (κ1) is 23.5. The molecule has 1 aromatic heterocycles. The maximum atomic E-state index is 14.7. The Bertz CT molecular complexity index is 1200. The van der Waals surface area contributed by atoms with Gasteiger partial charge >= 0.3 is 0 Å². The number of nitrogens with two attached hydrogens (primary N) is 1. The van der Waals surface area contributed by atoms with E-state index < -0.39 is 11.7 Å². The fourth-order valence-corrected chi connectivity index (χ4v) is 7.77. The van der Waals surface area contributed by atoms with Crippen LogP contribution < -0.4 is 21.3 Å². The Balaban J connectivity index is 1.38. The Labute approximate surface area is 213 Å². The lowest BCUT2D eigenvalue weighted by atomic mass is 9.83. The van der Waals surface area contributed by atoms with Gasteiger partial charge < -0.3 is 26.2 Å². The molecule has 3 heterocycles. The third-order valence-electron chi connectivity index (χ3n) is 8.15. The first-order valence-corrected chi connectivity index (χ1v) is 13.5. The number of amides is 1. The van der Waals surface area contributed by atoms with E-state index in [1.807, 2.05) is 18.2 Å². The summed E-state index contributed by atoms with van der Waals surface area (Å²) in [6.45, 7) is 3.59. The van der Waals surface area contributed by atoms with E-state index in [-0.39, 0.29) is 46.6 Å². The summed E-state index contributed by atoms with van der Waals surface area (Å²) in [7, 11) is 2.11. The number of carbonyl (C=O) groups is 2. The molecule has 2 aliphatic heterocycles. The van der Waals surface area contributed by atoms with Crippen LogP contribution in [-0.2, 0) is 4.79 Å². The number of benzene rings is 1. The highest BCUT2D eigenvalue weighted by molar-refractivity contribution is 8.00. The van der Waals surface area contributed by atoms with Crippen molar-refractivity contribution < 1.29 is 14.0 Å². The van der Waals surface area contributed by atoms with E-state index in [1.54, 1.807) is 11.8 Å². The van der Waals surface area contributed by atoms with E-state index in [0.29, 0.717) is 17.0 Å². The second kappa shape index (κ2) is 9.19. The third-order valence-corrected chi connectivity index (χ3v) is 9.54. The minimum absolute atomic E-state index is 0.0578. The summed E-state index contributed by atoms with van der Waals surface area (Å²) in [6, 6.07) is 5.41. The fraction of sp³-hybridized carbons (Fsp3) is 0.520. The summed E-state index contributed by atoms with van der Waals surface area (Å²) in [5, 5.41) is 6.51. The zero-order valence-electron chi connectivity index (χ0n) is 20.1. The minimum Gasteiger partial charge on any atom is -0.369 e. The number of fused-ring (bicyclic) bond motifs is 5. The van der Waals surface area contributed by atoms with Crippen molar-refractivity contribution in [1.82, 2.24) is 14.9 Å². The second-order valence-corrected chi connectivity index (χ2v) is 11.5. The van der Waals surface area contributed by atoms with Gasteiger partial charge in [-0.25, -0.2) is 9.37 Å². The first-order valence-electron chi connectivity index (χ1n) is 12.4. The van der Waals surface area contributed by atoms with Crippen molar-refractivity contribution in [3.8, 4) is 0 Å². The molecular formula is C25H30FN7O2S. The molecule has 2 aliphatic carbocycles. The van der Waals surface area contributed by atoms with Gasteiger partial charge in [-0.3, -0.25) is 9.59 Å². The van der Waals surface area contributed by atoms with Gasteiger partial charge in [-0.05, 0) is 49.9 Å². The van der Waals surface area contributed by atoms with E-state index in [9.17, 15) is 14.0 Å². The molecule has 190 valence electrons. The zero-order valence-corrected chi connectivity index (χ0v) is 20.9. The summed E-state index contributed by atoms with van der Waals surface area (Å²) < 4.78 is 14.7. The Kier molecular flexibility index (Phi) is 5.99. The van der Waals surface area contributed by atoms with Crippen molar-refractivity contribution in [2.24, 2.45) is 23.5 Å². The van der Waals surface area contributed by atoms with Gasteiger partial charge in [-0.15, -0.1) is 11.8 Å². The summed E-state index contributed by atoms with van der Waals surface area (Å²) in [5.74, 6) is -0.424. The number of aromatic nitrogens is 2. The molecular weight excluding hydrogens is 481 g/mol. The molecule has 6 rings (SSSR count). The van der Waals surface area contributed by atoms with E-state index >= 15 is 0 Å². The van der Waals surface area contributed by atoms with Gasteiger partial charge in [-0.2, -0.15) is 4.98 Å². The molecule has 0 spiro atoms. The number of nitrogens with one attached hydrogen (secondary N) is 2. The van der Waals surface area contributed by atoms with Gasteiger partial charge in [0.25, 0.3) is 0 Å². The van der Waals surface area contributed by atoms with Crippen LogP contribution in [0.4, 0.5) is 27.5 Å². The fourth-order valence-electron chi connectivity index (χ4n) is 6.34. The van der Waals surface area contributed by atoms with E-state index in [1.165, 1.54) is 0 Å². The smallest absolute Gasteiger partial charge is 0.229 e. The number of rotatable bonds is 2. The molecule has 36 heavy (non-hydrogen) atoms. The monoisotopic (exact) mass is 511 g/mol. The van der Waals surface area contributed by atoms with Crippen molar-refractivity contribution in [3.05, 3.63) is 35.8 Å². The van der Waals surface area contributed by atoms with Gasteiger partial charge in [0.2, 0.25) is 11.9 Å². The topological polar surface area (TPSA) is 116 Å². The maximum absolute atomic E-state index is 14.7. The normalized spacial score (nSPS) is 29.9. The van der Waals surface area contributed by atoms with Gasteiger partial charge in [0.05, 0.1) is 17.9 Å². The van der Waals surface area contributed by atoms with Crippen LogP contribution in [0.2, 0.25) is 0 Å². The summed E-state index contributed by atoms with van der Waals surface area (Å²) in [6.07, 6.45) is 2.78. The lowest BCUT2D eigenvalue weighted by molar-refractivity contribution is -0.123. The Hall–Kier alpha value is -2.92. The highest BCUT2D eigenvalue weighted by Gasteiger charge is 2.55. The molecule has 5 atom stereocenters. The van der Waals surface area contributed by atoms with E-state index in [4.69, 9.17) is 5.73 Å². The summed E-state index contributed by atoms with van der Waals surface area (Å²) in [5.41, 5.74) is 8.04. The standard InChI is InChI=1S/C25H30FN7O2S/c1-32-4-6-33(7-5-32)18-3-2-14-10-15(18)19(34)12-36-20-9-13-8-16(20)22(21(13)23(27)35)30-24-17(26)11-28-25(29-14)31-24/h2-3,10-11,13,16,20-22H,4-9,12H2,1H3,(H2,27,35)(H2,28,29,30,31)/t13-,16+,20+,21-,22+/m0/s1. The summed E-state index contributed by atoms with van der Waals surface area (Å²) in [4.78, 5) is 38.9. The van der Waals surface area contributed by atoms with Gasteiger partial charge in [0, 0.05) is 54.4 Å². The lowest BCUT2D eigenvalue weighted by Crippen LogP contribution is -2.46. The number of likely N-dealkylation sites (N-methyl/N-ethyl adjacent to an activating group) is 1. The quantitative estimate of drug-likeness (QED) is 0.559. The number of carbonyl (C=O) groups excluding carboxylic acids is 2. The van der Waals surface area contributed by atoms with E-state index in [0.717, 1.165) is 50.9 Å². The molecule has 6 bridgehead atoms. The second-order valence-electron chi connectivity index (χ2n) is 10.3. The molecule has 0 unspecified atom stereocenters. The molecule has 4 N–H and O–H groups in total. The van der Waals surface area contributed by atoms with E-state index in [2.05, 4.69) is 37.4 Å². The van der Waals surface area contributed by atoms with Gasteiger partial charge in [0.15, 0.2) is 17.4 Å². The molecule has 2 saturated carbocycles. The van der Waals surface area contributed by atoms with Crippen LogP contribution in [0.25, 0.3) is 0 Å². The highest BCUT2D eigenvalue weighted by atomic mass is 32.2. The number of halogens is 1. The number of hydrogen-bond donors (Lipinski definition) is 3. The number of Topliss-reactive ketones (excluding diaryl/α,β-unsaturated/α-hetero) is 1. The van der Waals surface area contributed by atoms with Crippen molar-refractivity contribution in [3.63, 3.8) is 0 Å². The third kappa shape index (κ3) is 4.17. The average Bonchev–Trinajstić information content (AvgIpc) is 3.43. The van der Waals surface area contributed by atoms with Gasteiger partial charge in [0.1, 0.15) is 0 Å². The number of ketones is 1. The zero-order chi connectivity index (χ0) is 25.0.